The fraction of sp³-hybridized carbons (Fsp3) is 0.500. The van der Waals surface area contributed by atoms with Gasteiger partial charge in [-0.25, -0.2) is 4.79 Å². The van der Waals surface area contributed by atoms with E-state index in [1.165, 1.54) is 0 Å². The number of hydrogen-bond donors (Lipinski definition) is 2. The Labute approximate surface area is 135 Å². The Hall–Kier alpha value is -2.12. The highest BCUT2D eigenvalue weighted by molar-refractivity contribution is 5.71. The van der Waals surface area contributed by atoms with Crippen LogP contribution in [0.4, 0.5) is 4.79 Å². The van der Waals surface area contributed by atoms with Gasteiger partial charge in [0.2, 0.25) is 0 Å². The van der Waals surface area contributed by atoms with E-state index in [9.17, 15) is 9.59 Å². The standard InChI is InChI=1S/C16H23NO6/c1-3-21-15(22-4-2)13(10-14(18)19)17-16(20)23-11-12-8-6-5-7-9-12/h5-9,13,15H,3-4,10-11H2,1-2H3,(H,17,20)(H,18,19)/t13-/m0/s1. The lowest BCUT2D eigenvalue weighted by molar-refractivity contribution is -0.162. The van der Waals surface area contributed by atoms with Gasteiger partial charge in [-0.1, -0.05) is 30.3 Å². The second-order valence-electron chi connectivity index (χ2n) is 4.69. The molecule has 2 N–H and O–H groups in total. The highest BCUT2D eigenvalue weighted by Crippen LogP contribution is 2.08. The Morgan fingerprint density at radius 3 is 2.26 bits per heavy atom. The Bertz CT molecular complexity index is 473. The molecule has 1 amide bonds. The third-order valence-corrected chi connectivity index (χ3v) is 2.90. The topological polar surface area (TPSA) is 94.1 Å². The molecule has 0 spiro atoms. The van der Waals surface area contributed by atoms with Crippen molar-refractivity contribution in [1.82, 2.24) is 5.32 Å². The summed E-state index contributed by atoms with van der Waals surface area (Å²) in [6, 6.07) is 8.35. The van der Waals surface area contributed by atoms with Crippen LogP contribution in [0.15, 0.2) is 30.3 Å². The molecule has 0 heterocycles. The number of rotatable bonds is 10. The molecule has 0 fully saturated rings. The fourth-order valence-corrected chi connectivity index (χ4v) is 1.93. The predicted molar refractivity (Wildman–Crippen MR) is 82.8 cm³/mol. The first kappa shape index (κ1) is 18.9. The van der Waals surface area contributed by atoms with Gasteiger partial charge in [0.1, 0.15) is 6.61 Å². The normalized spacial score (nSPS) is 12.0. The first-order valence-corrected chi connectivity index (χ1v) is 7.49. The van der Waals surface area contributed by atoms with Crippen molar-refractivity contribution in [2.75, 3.05) is 13.2 Å². The summed E-state index contributed by atoms with van der Waals surface area (Å²) >= 11 is 0. The van der Waals surface area contributed by atoms with E-state index < -0.39 is 24.4 Å². The molecule has 7 heteroatoms. The molecular weight excluding hydrogens is 302 g/mol. The molecule has 0 saturated heterocycles. The molecular formula is C16H23NO6. The molecule has 1 atom stereocenters. The average Bonchev–Trinajstić information content (AvgIpc) is 2.53. The van der Waals surface area contributed by atoms with Gasteiger partial charge < -0.3 is 24.6 Å². The quantitative estimate of drug-likeness (QED) is 0.640. The summed E-state index contributed by atoms with van der Waals surface area (Å²) in [6.45, 7) is 4.29. The summed E-state index contributed by atoms with van der Waals surface area (Å²) < 4.78 is 15.8. The highest BCUT2D eigenvalue weighted by Gasteiger charge is 2.27. The molecule has 0 aromatic heterocycles. The number of carboxylic acid groups (broad SMARTS) is 1. The highest BCUT2D eigenvalue weighted by atomic mass is 16.7. The molecule has 23 heavy (non-hydrogen) atoms. The molecule has 7 nitrogen and oxygen atoms in total. The molecule has 0 saturated carbocycles. The minimum atomic E-state index is -1.07. The second kappa shape index (κ2) is 10.6. The summed E-state index contributed by atoms with van der Waals surface area (Å²) in [4.78, 5) is 22.9. The van der Waals surface area contributed by atoms with Gasteiger partial charge in [0, 0.05) is 13.2 Å². The largest absolute Gasteiger partial charge is 0.481 e. The molecule has 1 aromatic carbocycles. The number of carbonyl (C=O) groups is 2. The molecule has 1 rings (SSSR count). The Morgan fingerprint density at radius 1 is 1.13 bits per heavy atom. The van der Waals surface area contributed by atoms with Crippen LogP contribution in [-0.2, 0) is 25.6 Å². The lowest BCUT2D eigenvalue weighted by atomic mass is 10.2. The van der Waals surface area contributed by atoms with E-state index in [1.807, 2.05) is 30.3 Å². The maximum atomic E-state index is 11.9. The smallest absolute Gasteiger partial charge is 0.407 e. The minimum Gasteiger partial charge on any atom is -0.481 e. The van der Waals surface area contributed by atoms with Gasteiger partial charge in [0.15, 0.2) is 6.29 Å². The predicted octanol–water partition coefficient (Wildman–Crippen LogP) is 2.16. The van der Waals surface area contributed by atoms with E-state index >= 15 is 0 Å². The summed E-state index contributed by atoms with van der Waals surface area (Å²) in [5.74, 6) is -1.07. The van der Waals surface area contributed by atoms with E-state index in [0.29, 0.717) is 13.2 Å². The van der Waals surface area contributed by atoms with Crippen molar-refractivity contribution >= 4 is 12.1 Å². The van der Waals surface area contributed by atoms with Crippen LogP contribution < -0.4 is 5.32 Å². The number of amides is 1. The molecule has 0 aliphatic carbocycles. The molecule has 0 aliphatic heterocycles. The van der Waals surface area contributed by atoms with Crippen LogP contribution in [0.2, 0.25) is 0 Å². The number of benzene rings is 1. The Morgan fingerprint density at radius 2 is 1.74 bits per heavy atom. The Kier molecular flexibility index (Phi) is 8.71. The number of hydrogen-bond acceptors (Lipinski definition) is 5. The van der Waals surface area contributed by atoms with Gasteiger partial charge in [-0.3, -0.25) is 4.79 Å². The summed E-state index contributed by atoms with van der Waals surface area (Å²) in [7, 11) is 0. The molecule has 0 radical (unpaired) electrons. The molecule has 128 valence electrons. The van der Waals surface area contributed by atoms with Crippen LogP contribution in [0, 0.1) is 0 Å². The van der Waals surface area contributed by atoms with Crippen molar-refractivity contribution in [2.24, 2.45) is 0 Å². The van der Waals surface area contributed by atoms with Crippen molar-refractivity contribution in [1.29, 1.82) is 0 Å². The number of ether oxygens (including phenoxy) is 3. The van der Waals surface area contributed by atoms with Crippen LogP contribution in [0.5, 0.6) is 0 Å². The summed E-state index contributed by atoms with van der Waals surface area (Å²) in [5, 5.41) is 11.5. The fourth-order valence-electron chi connectivity index (χ4n) is 1.93. The van der Waals surface area contributed by atoms with Crippen molar-refractivity contribution < 1.29 is 28.9 Å². The van der Waals surface area contributed by atoms with Gasteiger partial charge in [0.25, 0.3) is 0 Å². The first-order chi connectivity index (χ1) is 11.1. The number of nitrogens with one attached hydrogen (secondary N) is 1. The lowest BCUT2D eigenvalue weighted by Gasteiger charge is -2.26. The summed E-state index contributed by atoms with van der Waals surface area (Å²) in [6.07, 6.45) is -1.89. The van der Waals surface area contributed by atoms with Crippen molar-refractivity contribution in [2.45, 2.75) is 39.2 Å². The van der Waals surface area contributed by atoms with Gasteiger partial charge >= 0.3 is 12.1 Å². The van der Waals surface area contributed by atoms with E-state index in [0.717, 1.165) is 5.56 Å². The summed E-state index contributed by atoms with van der Waals surface area (Å²) in [5.41, 5.74) is 0.837. The monoisotopic (exact) mass is 325 g/mol. The molecule has 0 aliphatic rings. The van der Waals surface area contributed by atoms with Gasteiger partial charge in [-0.05, 0) is 19.4 Å². The Balaban J connectivity index is 2.60. The SMILES string of the molecule is CCOC(OCC)[C@H](CC(=O)O)NC(=O)OCc1ccccc1. The van der Waals surface area contributed by atoms with Crippen molar-refractivity contribution in [3.8, 4) is 0 Å². The zero-order valence-corrected chi connectivity index (χ0v) is 13.4. The minimum absolute atomic E-state index is 0.0976. The number of carboxylic acids is 1. The van der Waals surface area contributed by atoms with E-state index in [-0.39, 0.29) is 13.0 Å². The second-order valence-corrected chi connectivity index (χ2v) is 4.69. The van der Waals surface area contributed by atoms with Gasteiger partial charge in [0.05, 0.1) is 12.5 Å². The first-order valence-electron chi connectivity index (χ1n) is 7.49. The van der Waals surface area contributed by atoms with E-state index in [2.05, 4.69) is 5.32 Å². The van der Waals surface area contributed by atoms with E-state index in [1.54, 1.807) is 13.8 Å². The number of aliphatic carboxylic acids is 1. The zero-order chi connectivity index (χ0) is 17.1. The van der Waals surface area contributed by atoms with Crippen LogP contribution in [0.3, 0.4) is 0 Å². The number of alkyl carbamates (subject to hydrolysis) is 1. The third-order valence-electron chi connectivity index (χ3n) is 2.90. The van der Waals surface area contributed by atoms with Gasteiger partial charge in [-0.2, -0.15) is 0 Å². The maximum Gasteiger partial charge on any atom is 0.407 e. The van der Waals surface area contributed by atoms with Crippen LogP contribution in [-0.4, -0.2) is 42.7 Å². The lowest BCUT2D eigenvalue weighted by Crippen LogP contribution is -2.47. The van der Waals surface area contributed by atoms with Crippen LogP contribution >= 0.6 is 0 Å². The number of carbonyl (C=O) groups excluding carboxylic acids is 1. The molecule has 1 aromatic rings. The van der Waals surface area contributed by atoms with Crippen LogP contribution in [0.25, 0.3) is 0 Å². The van der Waals surface area contributed by atoms with Gasteiger partial charge in [-0.15, -0.1) is 0 Å². The van der Waals surface area contributed by atoms with Crippen molar-refractivity contribution in [3.05, 3.63) is 35.9 Å². The molecule has 0 bridgehead atoms. The molecule has 0 unspecified atom stereocenters. The average molecular weight is 325 g/mol. The van der Waals surface area contributed by atoms with Crippen LogP contribution in [0.1, 0.15) is 25.8 Å². The van der Waals surface area contributed by atoms with E-state index in [4.69, 9.17) is 19.3 Å². The third kappa shape index (κ3) is 7.62. The zero-order valence-electron chi connectivity index (χ0n) is 13.4. The maximum absolute atomic E-state index is 11.9. The van der Waals surface area contributed by atoms with Crippen molar-refractivity contribution in [3.63, 3.8) is 0 Å².